The van der Waals surface area contributed by atoms with Gasteiger partial charge < -0.3 is 9.84 Å². The summed E-state index contributed by atoms with van der Waals surface area (Å²) in [5.41, 5.74) is 1.37. The Labute approximate surface area is 99.3 Å². The van der Waals surface area contributed by atoms with Gasteiger partial charge in [-0.2, -0.15) is 0 Å². The topological polar surface area (TPSA) is 29.5 Å². The minimum atomic E-state index is -0.773. The molecule has 0 radical (unpaired) electrons. The van der Waals surface area contributed by atoms with E-state index < -0.39 is 6.10 Å². The number of ether oxygens (including phenoxy) is 1. The average molecular weight is 232 g/mol. The lowest BCUT2D eigenvalue weighted by atomic mass is 10.0. The zero-order valence-corrected chi connectivity index (χ0v) is 9.43. The van der Waals surface area contributed by atoms with Crippen LogP contribution in [0.1, 0.15) is 17.2 Å². The average Bonchev–Trinajstić information content (AvgIpc) is 2.39. The Bertz CT molecular complexity index is 494. The van der Waals surface area contributed by atoms with Crippen molar-refractivity contribution in [1.82, 2.24) is 0 Å². The second-order valence-corrected chi connectivity index (χ2v) is 3.73. The lowest BCUT2D eigenvalue weighted by Crippen LogP contribution is -1.99. The van der Waals surface area contributed by atoms with E-state index in [-0.39, 0.29) is 5.82 Å². The van der Waals surface area contributed by atoms with E-state index in [0.717, 1.165) is 5.56 Å². The van der Waals surface area contributed by atoms with Gasteiger partial charge >= 0.3 is 0 Å². The molecule has 0 saturated carbocycles. The van der Waals surface area contributed by atoms with E-state index in [1.54, 1.807) is 43.5 Å². The summed E-state index contributed by atoms with van der Waals surface area (Å²) in [6, 6.07) is 13.0. The number of benzene rings is 2. The second-order valence-electron chi connectivity index (χ2n) is 3.73. The lowest BCUT2D eigenvalue weighted by molar-refractivity contribution is 0.219. The fourth-order valence-corrected chi connectivity index (χ4v) is 1.65. The van der Waals surface area contributed by atoms with Gasteiger partial charge in [0.15, 0.2) is 0 Å². The molecule has 1 N–H and O–H groups in total. The summed E-state index contributed by atoms with van der Waals surface area (Å²) in [5, 5.41) is 10.1. The van der Waals surface area contributed by atoms with Crippen molar-refractivity contribution in [2.75, 3.05) is 7.11 Å². The number of halogens is 1. The van der Waals surface area contributed by atoms with Gasteiger partial charge in [-0.1, -0.05) is 24.3 Å². The van der Waals surface area contributed by atoms with Crippen molar-refractivity contribution in [2.24, 2.45) is 0 Å². The number of hydrogen-bond donors (Lipinski definition) is 1. The highest BCUT2D eigenvalue weighted by atomic mass is 19.1. The van der Waals surface area contributed by atoms with Gasteiger partial charge in [-0.3, -0.25) is 0 Å². The number of aliphatic hydroxyl groups is 1. The van der Waals surface area contributed by atoms with Crippen LogP contribution in [0, 0.1) is 5.82 Å². The Morgan fingerprint density at radius 3 is 2.41 bits per heavy atom. The first-order valence-corrected chi connectivity index (χ1v) is 5.28. The Hall–Kier alpha value is -1.87. The molecule has 0 aliphatic heterocycles. The smallest absolute Gasteiger partial charge is 0.123 e. The summed E-state index contributed by atoms with van der Waals surface area (Å²) in [4.78, 5) is 0. The van der Waals surface area contributed by atoms with Crippen molar-refractivity contribution < 1.29 is 14.2 Å². The highest BCUT2D eigenvalue weighted by Crippen LogP contribution is 2.24. The third-order valence-electron chi connectivity index (χ3n) is 2.60. The molecule has 2 aromatic carbocycles. The van der Waals surface area contributed by atoms with E-state index in [1.807, 2.05) is 0 Å². The highest BCUT2D eigenvalue weighted by Gasteiger charge is 2.10. The molecule has 0 fully saturated rings. The summed E-state index contributed by atoms with van der Waals surface area (Å²) >= 11 is 0. The molecular weight excluding hydrogens is 219 g/mol. The van der Waals surface area contributed by atoms with Crippen LogP contribution in [0.2, 0.25) is 0 Å². The Balaban J connectivity index is 2.29. The van der Waals surface area contributed by atoms with E-state index in [4.69, 9.17) is 4.74 Å². The van der Waals surface area contributed by atoms with Gasteiger partial charge in [-0.25, -0.2) is 4.39 Å². The van der Waals surface area contributed by atoms with Crippen LogP contribution in [-0.4, -0.2) is 12.2 Å². The summed E-state index contributed by atoms with van der Waals surface area (Å²) in [5.74, 6) is 0.371. The first-order chi connectivity index (χ1) is 8.20. The van der Waals surface area contributed by atoms with Gasteiger partial charge in [0.05, 0.1) is 7.11 Å². The van der Waals surface area contributed by atoms with Crippen LogP contribution < -0.4 is 4.74 Å². The van der Waals surface area contributed by atoms with Crippen molar-refractivity contribution >= 4 is 0 Å². The zero-order chi connectivity index (χ0) is 12.3. The molecule has 0 bridgehead atoms. The molecule has 0 aromatic heterocycles. The molecule has 1 atom stereocenters. The van der Waals surface area contributed by atoms with Crippen LogP contribution in [0.25, 0.3) is 0 Å². The summed E-state index contributed by atoms with van der Waals surface area (Å²) in [6.45, 7) is 0. The standard InChI is InChI=1S/C14H13FO2/c1-17-13-4-2-3-11(9-13)14(16)10-5-7-12(15)8-6-10/h2-9,14,16H,1H3. The third-order valence-corrected chi connectivity index (χ3v) is 2.60. The van der Waals surface area contributed by atoms with E-state index in [2.05, 4.69) is 0 Å². The minimum Gasteiger partial charge on any atom is -0.497 e. The van der Waals surface area contributed by atoms with Gasteiger partial charge in [0.25, 0.3) is 0 Å². The number of rotatable bonds is 3. The monoisotopic (exact) mass is 232 g/mol. The molecule has 3 heteroatoms. The molecule has 1 unspecified atom stereocenters. The summed E-state index contributed by atoms with van der Waals surface area (Å²) < 4.78 is 17.9. The van der Waals surface area contributed by atoms with Crippen LogP contribution in [-0.2, 0) is 0 Å². The SMILES string of the molecule is COc1cccc(C(O)c2ccc(F)cc2)c1. The van der Waals surface area contributed by atoms with Crippen molar-refractivity contribution in [2.45, 2.75) is 6.10 Å². The molecular formula is C14H13FO2. The number of aliphatic hydroxyl groups excluding tert-OH is 1. The molecule has 2 aromatic rings. The molecule has 88 valence electrons. The Morgan fingerprint density at radius 1 is 1.06 bits per heavy atom. The van der Waals surface area contributed by atoms with Gasteiger partial charge in [-0.15, -0.1) is 0 Å². The van der Waals surface area contributed by atoms with Crippen LogP contribution >= 0.6 is 0 Å². The second kappa shape index (κ2) is 4.97. The van der Waals surface area contributed by atoms with Gasteiger partial charge in [0.1, 0.15) is 17.7 Å². The Morgan fingerprint density at radius 2 is 1.76 bits per heavy atom. The quantitative estimate of drug-likeness (QED) is 0.881. The zero-order valence-electron chi connectivity index (χ0n) is 9.43. The van der Waals surface area contributed by atoms with Crippen LogP contribution in [0.3, 0.4) is 0 Å². The maximum Gasteiger partial charge on any atom is 0.123 e. The molecule has 0 amide bonds. The minimum absolute atomic E-state index is 0.313. The molecule has 2 rings (SSSR count). The van der Waals surface area contributed by atoms with Crippen LogP contribution in [0.15, 0.2) is 48.5 Å². The Kier molecular flexibility index (Phi) is 3.40. The van der Waals surface area contributed by atoms with E-state index in [1.165, 1.54) is 12.1 Å². The lowest BCUT2D eigenvalue weighted by Gasteiger charge is -2.12. The fourth-order valence-electron chi connectivity index (χ4n) is 1.65. The van der Waals surface area contributed by atoms with Gasteiger partial charge in [0, 0.05) is 0 Å². The van der Waals surface area contributed by atoms with E-state index in [9.17, 15) is 9.50 Å². The largest absolute Gasteiger partial charge is 0.497 e. The molecule has 0 aliphatic rings. The molecule has 0 heterocycles. The number of hydrogen-bond acceptors (Lipinski definition) is 2. The fraction of sp³-hybridized carbons (Fsp3) is 0.143. The van der Waals surface area contributed by atoms with Gasteiger partial charge in [-0.05, 0) is 35.4 Å². The normalized spacial score (nSPS) is 12.2. The predicted molar refractivity (Wildman–Crippen MR) is 63.5 cm³/mol. The highest BCUT2D eigenvalue weighted by molar-refractivity contribution is 5.35. The first kappa shape index (κ1) is 11.6. The molecule has 2 nitrogen and oxygen atoms in total. The maximum atomic E-state index is 12.8. The van der Waals surface area contributed by atoms with Crippen molar-refractivity contribution in [3.8, 4) is 5.75 Å². The molecule has 17 heavy (non-hydrogen) atoms. The van der Waals surface area contributed by atoms with Crippen LogP contribution in [0.5, 0.6) is 5.75 Å². The van der Waals surface area contributed by atoms with E-state index >= 15 is 0 Å². The summed E-state index contributed by atoms with van der Waals surface area (Å²) in [7, 11) is 1.57. The third kappa shape index (κ3) is 2.63. The van der Waals surface area contributed by atoms with Crippen LogP contribution in [0.4, 0.5) is 4.39 Å². The maximum absolute atomic E-state index is 12.8. The number of methoxy groups -OCH3 is 1. The van der Waals surface area contributed by atoms with Crippen molar-refractivity contribution in [3.63, 3.8) is 0 Å². The van der Waals surface area contributed by atoms with Crippen molar-refractivity contribution in [1.29, 1.82) is 0 Å². The van der Waals surface area contributed by atoms with E-state index in [0.29, 0.717) is 11.3 Å². The van der Waals surface area contributed by atoms with Gasteiger partial charge in [0.2, 0.25) is 0 Å². The molecule has 0 aliphatic carbocycles. The molecule has 0 saturated heterocycles. The predicted octanol–water partition coefficient (Wildman–Crippen LogP) is 2.92. The van der Waals surface area contributed by atoms with Crippen molar-refractivity contribution in [3.05, 3.63) is 65.5 Å². The summed E-state index contributed by atoms with van der Waals surface area (Å²) in [6.07, 6.45) is -0.773. The first-order valence-electron chi connectivity index (χ1n) is 5.28. The molecule has 0 spiro atoms.